The molecule has 0 bridgehead atoms. The minimum absolute atomic E-state index is 0. The summed E-state index contributed by atoms with van der Waals surface area (Å²) in [6.07, 6.45) is 0. The molecule has 2 nitrogen and oxygen atoms in total. The van der Waals surface area contributed by atoms with Crippen molar-refractivity contribution in [1.82, 2.24) is 0 Å². The van der Waals surface area contributed by atoms with E-state index in [0.717, 1.165) is 0 Å². The van der Waals surface area contributed by atoms with Gasteiger partial charge in [-0.25, -0.2) is 0 Å². The summed E-state index contributed by atoms with van der Waals surface area (Å²) in [6.45, 7) is 0. The molecule has 0 spiro atoms. The molecule has 0 rings (SSSR count). The molecule has 0 aliphatic rings. The first-order chi connectivity index (χ1) is 1.41. The van der Waals surface area contributed by atoms with Crippen LogP contribution < -0.4 is 0 Å². The molecule has 4 heavy (non-hydrogen) atoms. The second kappa shape index (κ2) is 8.98. The van der Waals surface area contributed by atoms with E-state index >= 15 is 0 Å². The Balaban J connectivity index is 0. The van der Waals surface area contributed by atoms with E-state index in [1.54, 1.807) is 0 Å². The molecule has 1 radical (unpaired) electrons. The predicted octanol–water partition coefficient (Wildman–Crippen LogP) is -1.50. The summed E-state index contributed by atoms with van der Waals surface area (Å²) in [5, 5.41) is 0. The molecule has 0 fully saturated rings. The van der Waals surface area contributed by atoms with E-state index in [2.05, 4.69) is 0 Å². The molecule has 0 unspecified atom stereocenters. The first-order valence-corrected chi connectivity index (χ1v) is 1.23. The van der Waals surface area contributed by atoms with Gasteiger partial charge in [0, 0.05) is 18.9 Å². The van der Waals surface area contributed by atoms with E-state index < -0.39 is 15.3 Å². The summed E-state index contributed by atoms with van der Waals surface area (Å²) in [6, 6.07) is 0. The van der Waals surface area contributed by atoms with E-state index in [4.69, 9.17) is 8.44 Å². The van der Waals surface area contributed by atoms with Gasteiger partial charge in [0.05, 0.1) is 0 Å². The van der Waals surface area contributed by atoms with E-state index in [9.17, 15) is 0 Å². The average Bonchev–Trinajstić information content (AvgIpc) is 0.918. The summed E-state index contributed by atoms with van der Waals surface area (Å²) < 4.78 is 14.2. The first kappa shape index (κ1) is 8.90. The quantitative estimate of drug-likeness (QED) is 0.364. The summed E-state index contributed by atoms with van der Waals surface area (Å²) in [5.74, 6) is 0. The van der Waals surface area contributed by atoms with Crippen molar-refractivity contribution in [3.8, 4) is 0 Å². The van der Waals surface area contributed by atoms with Gasteiger partial charge in [-0.15, -0.1) is 0 Å². The van der Waals surface area contributed by atoms with Crippen molar-refractivity contribution in [1.29, 1.82) is 0 Å². The van der Waals surface area contributed by atoms with Crippen LogP contribution >= 0.6 is 0 Å². The predicted molar refractivity (Wildman–Crippen MR) is 10.2 cm³/mol. The van der Waals surface area contributed by atoms with Gasteiger partial charge in [-0.05, 0) is 0 Å². The van der Waals surface area contributed by atoms with Crippen LogP contribution in [0.25, 0.3) is 0 Å². The van der Waals surface area contributed by atoms with E-state index in [-0.39, 0.29) is 18.9 Å². The van der Waals surface area contributed by atoms with Crippen molar-refractivity contribution in [2.75, 3.05) is 0 Å². The number of hydrogen-bond donors (Lipinski definition) is 2. The molecule has 2 N–H and O–H groups in total. The van der Waals surface area contributed by atoms with Crippen LogP contribution in [-0.4, -0.2) is 27.3 Å². The zero-order valence-electron chi connectivity index (χ0n) is 2.23. The molecule has 0 saturated carbocycles. The monoisotopic (exact) mass is 100.0 g/mol. The van der Waals surface area contributed by atoms with Gasteiger partial charge in [-0.3, -0.25) is 0 Å². The second-order valence-electron chi connectivity index (χ2n) is 0.0667. The summed E-state index contributed by atoms with van der Waals surface area (Å²) >= 11 is -0.562. The Kier molecular flexibility index (Phi) is 20.0. The molecule has 0 aromatic carbocycles. The van der Waals surface area contributed by atoms with Crippen LogP contribution in [-0.2, 0) is 15.3 Å². The van der Waals surface area contributed by atoms with Crippen LogP contribution in [0, 0.1) is 0 Å². The minimum atomic E-state index is -0.562. The molecular formula is H2CoLiO2. The first-order valence-electron chi connectivity index (χ1n) is 0.298. The van der Waals surface area contributed by atoms with Gasteiger partial charge in [0.15, 0.2) is 0 Å². The number of hydrogen-bond acceptors (Lipinski definition) is 2. The summed E-state index contributed by atoms with van der Waals surface area (Å²) in [7, 11) is 0. The summed E-state index contributed by atoms with van der Waals surface area (Å²) in [4.78, 5) is 0. The Morgan fingerprint density at radius 3 is 1.25 bits per heavy atom. The molecule has 24 valence electrons. The van der Waals surface area contributed by atoms with E-state index in [1.165, 1.54) is 0 Å². The van der Waals surface area contributed by atoms with Gasteiger partial charge < -0.3 is 0 Å². The summed E-state index contributed by atoms with van der Waals surface area (Å²) in [5.41, 5.74) is 0. The maximum atomic E-state index is 7.09. The van der Waals surface area contributed by atoms with E-state index in [0.29, 0.717) is 0 Å². The Labute approximate surface area is 43.0 Å². The van der Waals surface area contributed by atoms with Gasteiger partial charge in [-0.1, -0.05) is 0 Å². The van der Waals surface area contributed by atoms with Gasteiger partial charge in [0.1, 0.15) is 0 Å². The molecule has 0 saturated heterocycles. The third-order valence-electron chi connectivity index (χ3n) is 0. The zero-order chi connectivity index (χ0) is 2.71. The fourth-order valence-corrected chi connectivity index (χ4v) is 0. The molecule has 0 aliphatic carbocycles. The Morgan fingerprint density at radius 1 is 1.25 bits per heavy atom. The van der Waals surface area contributed by atoms with Crippen LogP contribution in [0.3, 0.4) is 0 Å². The van der Waals surface area contributed by atoms with Gasteiger partial charge in [0.2, 0.25) is 0 Å². The molecule has 0 atom stereocenters. The molecule has 0 heterocycles. The molecule has 0 aliphatic heterocycles. The third kappa shape index (κ3) is 11.8. The molecule has 4 heteroatoms. The van der Waals surface area contributed by atoms with Crippen molar-refractivity contribution in [3.63, 3.8) is 0 Å². The topological polar surface area (TPSA) is 40.5 Å². The molecule has 0 amide bonds. The Hall–Kier alpha value is 1.02. The van der Waals surface area contributed by atoms with Crippen molar-refractivity contribution in [3.05, 3.63) is 0 Å². The standard InChI is InChI=1S/Co.Li.2H2O/h;;2*1H2/q+2;;;/p-2. The second-order valence-corrected chi connectivity index (χ2v) is 0.275. The van der Waals surface area contributed by atoms with Crippen LogP contribution in [0.15, 0.2) is 0 Å². The zero-order valence-corrected chi connectivity index (χ0v) is 3.27. The van der Waals surface area contributed by atoms with Gasteiger partial charge >= 0.3 is 23.8 Å². The fourth-order valence-electron chi connectivity index (χ4n) is 0. The van der Waals surface area contributed by atoms with E-state index in [1.807, 2.05) is 0 Å². The van der Waals surface area contributed by atoms with Crippen molar-refractivity contribution >= 4 is 18.9 Å². The molecule has 0 aromatic heterocycles. The van der Waals surface area contributed by atoms with Crippen LogP contribution in [0.5, 0.6) is 0 Å². The Morgan fingerprint density at radius 2 is 1.25 bits per heavy atom. The van der Waals surface area contributed by atoms with Crippen LogP contribution in [0.1, 0.15) is 0 Å². The van der Waals surface area contributed by atoms with Crippen LogP contribution in [0.4, 0.5) is 0 Å². The van der Waals surface area contributed by atoms with Crippen molar-refractivity contribution in [2.24, 2.45) is 0 Å². The Bertz CT molecular complexity index is 6.00. The molecule has 0 aromatic rings. The van der Waals surface area contributed by atoms with Crippen molar-refractivity contribution < 1.29 is 23.8 Å². The van der Waals surface area contributed by atoms with Gasteiger partial charge in [-0.2, -0.15) is 0 Å². The number of rotatable bonds is 0. The van der Waals surface area contributed by atoms with Gasteiger partial charge in [0.25, 0.3) is 0 Å². The van der Waals surface area contributed by atoms with Crippen molar-refractivity contribution in [2.45, 2.75) is 0 Å². The molecular weight excluding hydrogens is 97.9 g/mol. The maximum absolute atomic E-state index is 7.09. The average molecular weight is 99.9 g/mol. The fraction of sp³-hybridized carbons (Fsp3) is 0. The normalized spacial score (nSPS) is 5.50. The SMILES string of the molecule is [Li].[OH][Co][OH]. The van der Waals surface area contributed by atoms with Crippen LogP contribution in [0.2, 0.25) is 0 Å². The third-order valence-corrected chi connectivity index (χ3v) is 0.